The van der Waals surface area contributed by atoms with Gasteiger partial charge in [0.05, 0.1) is 6.61 Å². The lowest BCUT2D eigenvalue weighted by Crippen LogP contribution is -2.30. The van der Waals surface area contributed by atoms with Crippen LogP contribution in [0.2, 0.25) is 0 Å². The summed E-state index contributed by atoms with van der Waals surface area (Å²) in [6.45, 7) is 10.3. The van der Waals surface area contributed by atoms with E-state index in [-0.39, 0.29) is 12.5 Å². The van der Waals surface area contributed by atoms with E-state index in [4.69, 9.17) is 0 Å². The van der Waals surface area contributed by atoms with E-state index in [2.05, 4.69) is 23.5 Å². The van der Waals surface area contributed by atoms with E-state index in [1.807, 2.05) is 20.8 Å². The summed E-state index contributed by atoms with van der Waals surface area (Å²) < 4.78 is 27.6. The van der Waals surface area contributed by atoms with E-state index in [1.54, 1.807) is 0 Å². The van der Waals surface area contributed by atoms with E-state index in [0.29, 0.717) is 0 Å². The van der Waals surface area contributed by atoms with Gasteiger partial charge in [0.15, 0.2) is 0 Å². The minimum absolute atomic E-state index is 0.133. The molecule has 0 aliphatic rings. The second-order valence-corrected chi connectivity index (χ2v) is 3.19. The molecule has 0 N–H and O–H groups in total. The lowest BCUT2D eigenvalue weighted by molar-refractivity contribution is -0.138. The third-order valence-corrected chi connectivity index (χ3v) is 1.97. The van der Waals surface area contributed by atoms with Gasteiger partial charge in [0.2, 0.25) is 0 Å². The topological polar surface area (TPSA) is 12.5 Å². The first-order valence-corrected chi connectivity index (χ1v) is 5.72. The minimum Gasteiger partial charge on any atom is -0.323 e. The molecule has 0 radical (unpaired) electrons. The molecule has 0 saturated carbocycles. The maximum absolute atomic E-state index is 11.7. The van der Waals surface area contributed by atoms with Crippen LogP contribution in [0.3, 0.4) is 0 Å². The normalized spacial score (nSPS) is 12.6. The van der Waals surface area contributed by atoms with E-state index in [1.165, 1.54) is 0 Å². The van der Waals surface area contributed by atoms with Crippen LogP contribution in [0, 0.1) is 5.92 Å². The van der Waals surface area contributed by atoms with Gasteiger partial charge in [-0.3, -0.25) is 0 Å². The highest BCUT2D eigenvalue weighted by molar-refractivity contribution is 4.58. The van der Waals surface area contributed by atoms with Crippen molar-refractivity contribution in [1.82, 2.24) is 4.90 Å². The van der Waals surface area contributed by atoms with Crippen molar-refractivity contribution in [2.24, 2.45) is 5.92 Å². The molecule has 0 aliphatic heterocycles. The van der Waals surface area contributed by atoms with Gasteiger partial charge in [-0.2, -0.15) is 8.78 Å². The van der Waals surface area contributed by atoms with Crippen molar-refractivity contribution in [3.8, 4) is 0 Å². The molecular formula is C11H25F2NO. The van der Waals surface area contributed by atoms with Crippen LogP contribution in [-0.2, 0) is 4.74 Å². The molecule has 0 saturated heterocycles. The maximum atomic E-state index is 11.7. The summed E-state index contributed by atoms with van der Waals surface area (Å²) in [6.07, 6.45) is 0. The number of nitrogens with zero attached hydrogens (tertiary/aromatic N) is 1. The Kier molecular flexibility index (Phi) is 13.6. The summed E-state index contributed by atoms with van der Waals surface area (Å²) in [5.74, 6) is 0.161. The Morgan fingerprint density at radius 3 is 1.93 bits per heavy atom. The van der Waals surface area contributed by atoms with Crippen molar-refractivity contribution >= 4 is 0 Å². The summed E-state index contributed by atoms with van der Waals surface area (Å²) in [4.78, 5) is 2.19. The fourth-order valence-corrected chi connectivity index (χ4v) is 1.21. The van der Waals surface area contributed by atoms with Gasteiger partial charge < -0.3 is 9.64 Å². The Balaban J connectivity index is 0. The maximum Gasteiger partial charge on any atom is 0.345 e. The van der Waals surface area contributed by atoms with Crippen LogP contribution >= 0.6 is 0 Å². The van der Waals surface area contributed by atoms with E-state index < -0.39 is 6.61 Å². The van der Waals surface area contributed by atoms with E-state index in [0.717, 1.165) is 19.6 Å². The molecule has 0 aromatic heterocycles. The minimum atomic E-state index is -2.64. The van der Waals surface area contributed by atoms with Crippen LogP contribution in [0.4, 0.5) is 8.78 Å². The van der Waals surface area contributed by atoms with Crippen molar-refractivity contribution in [3.05, 3.63) is 0 Å². The molecular weight excluding hydrogens is 200 g/mol. The van der Waals surface area contributed by atoms with Gasteiger partial charge in [-0.1, -0.05) is 34.6 Å². The van der Waals surface area contributed by atoms with Crippen molar-refractivity contribution in [3.63, 3.8) is 0 Å². The zero-order chi connectivity index (χ0) is 12.3. The Morgan fingerprint density at radius 1 is 1.13 bits per heavy atom. The van der Waals surface area contributed by atoms with Crippen molar-refractivity contribution in [2.45, 2.75) is 41.2 Å². The van der Waals surface area contributed by atoms with Crippen LogP contribution in [0.15, 0.2) is 0 Å². The number of hydrogen-bond acceptors (Lipinski definition) is 2. The molecule has 0 heterocycles. The van der Waals surface area contributed by atoms with E-state index in [9.17, 15) is 8.78 Å². The molecule has 2 nitrogen and oxygen atoms in total. The van der Waals surface area contributed by atoms with Crippen LogP contribution in [0.5, 0.6) is 0 Å². The van der Waals surface area contributed by atoms with Crippen molar-refractivity contribution in [2.75, 3.05) is 26.2 Å². The Hall–Kier alpha value is -0.220. The monoisotopic (exact) mass is 225 g/mol. The molecule has 1 unspecified atom stereocenters. The SMILES string of the molecule is CC.CCN(CC)CC(C)COC(F)F. The molecule has 0 spiro atoms. The van der Waals surface area contributed by atoms with Gasteiger partial charge in [-0.25, -0.2) is 0 Å². The predicted molar refractivity (Wildman–Crippen MR) is 60.3 cm³/mol. The third kappa shape index (κ3) is 11.7. The van der Waals surface area contributed by atoms with Gasteiger partial charge in [0.25, 0.3) is 0 Å². The van der Waals surface area contributed by atoms with Gasteiger partial charge in [-0.15, -0.1) is 0 Å². The number of rotatable bonds is 7. The summed E-state index contributed by atoms with van der Waals surface area (Å²) in [5.41, 5.74) is 0. The smallest absolute Gasteiger partial charge is 0.323 e. The number of ether oxygens (including phenoxy) is 1. The van der Waals surface area contributed by atoms with Crippen molar-refractivity contribution < 1.29 is 13.5 Å². The first kappa shape index (κ1) is 17.2. The number of halogens is 2. The summed E-state index contributed by atoms with van der Waals surface area (Å²) in [6, 6.07) is 0. The fraction of sp³-hybridized carbons (Fsp3) is 1.00. The largest absolute Gasteiger partial charge is 0.345 e. The average Bonchev–Trinajstić information content (AvgIpc) is 2.25. The Labute approximate surface area is 92.6 Å². The van der Waals surface area contributed by atoms with Gasteiger partial charge >= 0.3 is 6.61 Å². The zero-order valence-corrected chi connectivity index (χ0v) is 10.6. The van der Waals surface area contributed by atoms with Crippen LogP contribution in [0.1, 0.15) is 34.6 Å². The highest BCUT2D eigenvalue weighted by Crippen LogP contribution is 2.03. The molecule has 15 heavy (non-hydrogen) atoms. The van der Waals surface area contributed by atoms with Crippen LogP contribution in [-0.4, -0.2) is 37.8 Å². The summed E-state index contributed by atoms with van der Waals surface area (Å²) >= 11 is 0. The van der Waals surface area contributed by atoms with Crippen molar-refractivity contribution in [1.29, 1.82) is 0 Å². The van der Waals surface area contributed by atoms with Gasteiger partial charge in [-0.05, 0) is 19.0 Å². The lowest BCUT2D eigenvalue weighted by Gasteiger charge is -2.22. The second kappa shape index (κ2) is 11.9. The number of hydrogen-bond donors (Lipinski definition) is 0. The lowest BCUT2D eigenvalue weighted by atomic mass is 10.2. The molecule has 0 aromatic carbocycles. The molecule has 4 heteroatoms. The molecule has 0 aromatic rings. The predicted octanol–water partition coefficient (Wildman–Crippen LogP) is 3.23. The first-order chi connectivity index (χ1) is 7.10. The second-order valence-electron chi connectivity index (χ2n) is 3.19. The molecule has 0 amide bonds. The molecule has 94 valence electrons. The molecule has 0 fully saturated rings. The Bertz CT molecular complexity index is 119. The summed E-state index contributed by atoms with van der Waals surface area (Å²) in [7, 11) is 0. The summed E-state index contributed by atoms with van der Waals surface area (Å²) in [5, 5.41) is 0. The Morgan fingerprint density at radius 2 is 1.60 bits per heavy atom. The quantitative estimate of drug-likeness (QED) is 0.659. The molecule has 0 bridgehead atoms. The van der Waals surface area contributed by atoms with Crippen LogP contribution in [0.25, 0.3) is 0 Å². The van der Waals surface area contributed by atoms with Gasteiger partial charge in [0, 0.05) is 6.54 Å². The molecule has 0 rings (SSSR count). The molecule has 1 atom stereocenters. The highest BCUT2D eigenvalue weighted by atomic mass is 19.3. The number of alkyl halides is 2. The average molecular weight is 225 g/mol. The molecule has 0 aliphatic carbocycles. The van der Waals surface area contributed by atoms with Gasteiger partial charge in [0.1, 0.15) is 0 Å². The van der Waals surface area contributed by atoms with E-state index >= 15 is 0 Å². The standard InChI is InChI=1S/C9H19F2NO.C2H6/c1-4-12(5-2)6-8(3)7-13-9(10)11;1-2/h8-9H,4-7H2,1-3H3;1-2H3. The van der Waals surface area contributed by atoms with Crippen LogP contribution < -0.4 is 0 Å². The zero-order valence-electron chi connectivity index (χ0n) is 10.6. The first-order valence-electron chi connectivity index (χ1n) is 5.72. The fourth-order valence-electron chi connectivity index (χ4n) is 1.21. The third-order valence-electron chi connectivity index (χ3n) is 1.97. The highest BCUT2D eigenvalue weighted by Gasteiger charge is 2.10.